The molecule has 0 fully saturated rings. The fraction of sp³-hybridized carbons (Fsp3) is 0.100. The van der Waals surface area contributed by atoms with E-state index in [0.29, 0.717) is 16.4 Å². The van der Waals surface area contributed by atoms with Gasteiger partial charge in [0.15, 0.2) is 0 Å². The van der Waals surface area contributed by atoms with Crippen LogP contribution in [0.2, 0.25) is 0 Å². The van der Waals surface area contributed by atoms with E-state index in [1.54, 1.807) is 23.5 Å². The number of thiazole rings is 1. The van der Waals surface area contributed by atoms with E-state index in [1.165, 1.54) is 16.0 Å². The Hall–Kier alpha value is -3.93. The van der Waals surface area contributed by atoms with Gasteiger partial charge in [0.25, 0.3) is 0 Å². The highest BCUT2D eigenvalue weighted by atomic mass is 79.9. The minimum Gasteiger partial charge on any atom is -0.493 e. The third-order valence-electron chi connectivity index (χ3n) is 6.76. The summed E-state index contributed by atoms with van der Waals surface area (Å²) < 4.78 is 3.35. The van der Waals surface area contributed by atoms with E-state index in [2.05, 4.69) is 36.8 Å². The van der Waals surface area contributed by atoms with Gasteiger partial charge < -0.3 is 20.0 Å². The van der Waals surface area contributed by atoms with E-state index in [1.807, 2.05) is 91.0 Å². The Morgan fingerprint density at radius 3 is 2.37 bits per heavy atom. The van der Waals surface area contributed by atoms with Gasteiger partial charge in [0.2, 0.25) is 16.9 Å². The number of aromatic nitrogens is 4. The molecule has 2 aromatic carbocycles. The van der Waals surface area contributed by atoms with Gasteiger partial charge in [-0.05, 0) is 55.8 Å². The van der Waals surface area contributed by atoms with Crippen LogP contribution in [-0.4, -0.2) is 34.9 Å². The quantitative estimate of drug-likeness (QED) is 0.186. The second-order valence-electron chi connectivity index (χ2n) is 9.45. The second-order valence-corrected chi connectivity index (χ2v) is 12.1. The van der Waals surface area contributed by atoms with Gasteiger partial charge >= 0.3 is 0 Å². The standard InChI is InChI=1S/C30H24Br2N6O2S/c1-18-15-36(24-10-12-33-13-11-24)16-26(39)37(18)28(20-6-8-22(31)9-7-20)27-19(2)35-38(29(27)40)30-34-25(17-41-30)21-4-3-5-23(32)14-21/h3-17,28,39-40H,1-2H3. The monoisotopic (exact) mass is 690 g/mol. The molecule has 11 heteroatoms. The molecule has 6 rings (SSSR count). The molecule has 3 aromatic heterocycles. The average Bonchev–Trinajstić information content (AvgIpc) is 3.56. The third kappa shape index (κ3) is 5.28. The van der Waals surface area contributed by atoms with E-state index in [0.717, 1.165) is 37.2 Å². The van der Waals surface area contributed by atoms with Crippen molar-refractivity contribution in [2.75, 3.05) is 4.90 Å². The molecule has 0 bridgehead atoms. The van der Waals surface area contributed by atoms with Gasteiger partial charge in [-0.2, -0.15) is 9.78 Å². The van der Waals surface area contributed by atoms with Gasteiger partial charge in [-0.3, -0.25) is 4.98 Å². The molecule has 5 aromatic rings. The first-order valence-corrected chi connectivity index (χ1v) is 15.1. The summed E-state index contributed by atoms with van der Waals surface area (Å²) in [7, 11) is 0. The lowest BCUT2D eigenvalue weighted by molar-refractivity contribution is 0.201. The summed E-state index contributed by atoms with van der Waals surface area (Å²) in [6.07, 6.45) is 6.99. The number of aryl methyl sites for hydroxylation is 1. The van der Waals surface area contributed by atoms with Crippen LogP contribution < -0.4 is 4.90 Å². The molecule has 206 valence electrons. The maximum Gasteiger partial charge on any atom is 0.222 e. The number of hydrogen-bond donors (Lipinski definition) is 2. The lowest BCUT2D eigenvalue weighted by Gasteiger charge is -2.37. The van der Waals surface area contributed by atoms with Crippen molar-refractivity contribution in [3.63, 3.8) is 0 Å². The molecule has 1 aliphatic rings. The SMILES string of the molecule is CC1=CN(c2ccncc2)C=C(O)N1C(c1ccc(Br)cc1)c1c(C)nn(-c2nc(-c3cccc(Br)c3)cs2)c1O. The molecule has 0 spiro atoms. The predicted molar refractivity (Wildman–Crippen MR) is 168 cm³/mol. The lowest BCUT2D eigenvalue weighted by Crippen LogP contribution is -2.33. The molecule has 0 saturated heterocycles. The zero-order valence-electron chi connectivity index (χ0n) is 22.0. The van der Waals surface area contributed by atoms with Gasteiger partial charge in [0.05, 0.1) is 29.2 Å². The Balaban J connectivity index is 1.44. The molecule has 4 heterocycles. The number of nitrogens with zero attached hydrogens (tertiary/aromatic N) is 6. The summed E-state index contributed by atoms with van der Waals surface area (Å²) in [6, 6.07) is 18.9. The van der Waals surface area contributed by atoms with Gasteiger partial charge in [0.1, 0.15) is 0 Å². The largest absolute Gasteiger partial charge is 0.493 e. The molecule has 0 radical (unpaired) electrons. The van der Waals surface area contributed by atoms with Crippen LogP contribution in [-0.2, 0) is 0 Å². The zero-order valence-corrected chi connectivity index (χ0v) is 26.0. The van der Waals surface area contributed by atoms with E-state index < -0.39 is 6.04 Å². The van der Waals surface area contributed by atoms with Crippen molar-refractivity contribution in [3.05, 3.63) is 128 Å². The number of halogens is 2. The van der Waals surface area contributed by atoms with Gasteiger partial charge in [-0.25, -0.2) is 4.98 Å². The van der Waals surface area contributed by atoms with Crippen molar-refractivity contribution in [2.45, 2.75) is 19.9 Å². The van der Waals surface area contributed by atoms with Crippen molar-refractivity contribution in [2.24, 2.45) is 0 Å². The van der Waals surface area contributed by atoms with Crippen LogP contribution in [0.15, 0.2) is 111 Å². The molecule has 0 amide bonds. The Kier molecular flexibility index (Phi) is 7.41. The van der Waals surface area contributed by atoms with Crippen molar-refractivity contribution in [1.29, 1.82) is 0 Å². The highest BCUT2D eigenvalue weighted by Gasteiger charge is 2.35. The van der Waals surface area contributed by atoms with Crippen molar-refractivity contribution < 1.29 is 10.2 Å². The molecular formula is C30H24Br2N6O2S. The van der Waals surface area contributed by atoms with Crippen LogP contribution >= 0.6 is 43.2 Å². The minimum atomic E-state index is -0.576. The zero-order chi connectivity index (χ0) is 28.7. The molecule has 2 N–H and O–H groups in total. The molecule has 0 aliphatic carbocycles. The smallest absolute Gasteiger partial charge is 0.222 e. The van der Waals surface area contributed by atoms with Crippen LogP contribution in [0.3, 0.4) is 0 Å². The first-order chi connectivity index (χ1) is 19.8. The highest BCUT2D eigenvalue weighted by Crippen LogP contribution is 2.43. The number of pyridine rings is 1. The third-order valence-corrected chi connectivity index (χ3v) is 8.60. The first kappa shape index (κ1) is 27.3. The van der Waals surface area contributed by atoms with E-state index >= 15 is 0 Å². The summed E-state index contributed by atoms with van der Waals surface area (Å²) in [5.74, 6) is -0.0183. The van der Waals surface area contributed by atoms with E-state index in [4.69, 9.17) is 10.1 Å². The molecule has 8 nitrogen and oxygen atoms in total. The van der Waals surface area contributed by atoms with Crippen LogP contribution in [0.1, 0.15) is 29.8 Å². The normalized spacial score (nSPS) is 14.1. The Morgan fingerprint density at radius 2 is 1.66 bits per heavy atom. The number of aliphatic hydroxyl groups is 1. The van der Waals surface area contributed by atoms with Gasteiger partial charge in [0, 0.05) is 49.9 Å². The number of allylic oxidation sites excluding steroid dienone is 1. The summed E-state index contributed by atoms with van der Waals surface area (Å²) in [6.45, 7) is 3.78. The number of aromatic hydroxyl groups is 1. The van der Waals surface area contributed by atoms with Crippen LogP contribution in [0, 0.1) is 6.92 Å². The summed E-state index contributed by atoms with van der Waals surface area (Å²) in [5.41, 5.74) is 5.43. The van der Waals surface area contributed by atoms with Gasteiger partial charge in [-0.1, -0.05) is 56.1 Å². The van der Waals surface area contributed by atoms with Crippen molar-refractivity contribution in [3.8, 4) is 22.3 Å². The molecule has 1 atom stereocenters. The predicted octanol–water partition coefficient (Wildman–Crippen LogP) is 8.06. The van der Waals surface area contributed by atoms with Crippen LogP contribution in [0.25, 0.3) is 16.4 Å². The Bertz CT molecular complexity index is 1760. The van der Waals surface area contributed by atoms with Crippen molar-refractivity contribution >= 4 is 48.9 Å². The van der Waals surface area contributed by atoms with Crippen LogP contribution in [0.5, 0.6) is 5.88 Å². The summed E-state index contributed by atoms with van der Waals surface area (Å²) in [5, 5.41) is 30.3. The molecule has 41 heavy (non-hydrogen) atoms. The maximum absolute atomic E-state index is 11.7. The molecule has 1 aliphatic heterocycles. The van der Waals surface area contributed by atoms with Gasteiger partial charge in [-0.15, -0.1) is 11.3 Å². The molecular weight excluding hydrogens is 668 g/mol. The second kappa shape index (κ2) is 11.2. The number of benzene rings is 2. The number of hydrogen-bond acceptors (Lipinski definition) is 8. The Labute approximate surface area is 257 Å². The molecule has 0 saturated carbocycles. The van der Waals surface area contributed by atoms with Crippen LogP contribution in [0.4, 0.5) is 5.69 Å². The number of aliphatic hydroxyl groups excluding tert-OH is 1. The van der Waals surface area contributed by atoms with E-state index in [-0.39, 0.29) is 11.8 Å². The average molecular weight is 692 g/mol. The molecule has 1 unspecified atom stereocenters. The first-order valence-electron chi connectivity index (χ1n) is 12.6. The summed E-state index contributed by atoms with van der Waals surface area (Å²) in [4.78, 5) is 12.5. The highest BCUT2D eigenvalue weighted by molar-refractivity contribution is 9.10. The number of anilines is 1. The summed E-state index contributed by atoms with van der Waals surface area (Å²) >= 11 is 8.43. The van der Waals surface area contributed by atoms with E-state index in [9.17, 15) is 10.2 Å². The van der Waals surface area contributed by atoms with Crippen molar-refractivity contribution in [1.82, 2.24) is 24.6 Å². The Morgan fingerprint density at radius 1 is 0.902 bits per heavy atom. The lowest BCUT2D eigenvalue weighted by atomic mass is 9.96. The maximum atomic E-state index is 11.7. The fourth-order valence-electron chi connectivity index (χ4n) is 4.88. The fourth-order valence-corrected chi connectivity index (χ4v) is 6.33. The minimum absolute atomic E-state index is 0.0208. The number of rotatable bonds is 6. The topological polar surface area (TPSA) is 90.5 Å².